The van der Waals surface area contributed by atoms with Gasteiger partial charge >= 0.3 is 5.97 Å². The second kappa shape index (κ2) is 4.40. The number of carbonyl (C=O) groups is 1. The van der Waals surface area contributed by atoms with Gasteiger partial charge in [-0.05, 0) is 38.1 Å². The van der Waals surface area contributed by atoms with Gasteiger partial charge in [0.1, 0.15) is 0 Å². The van der Waals surface area contributed by atoms with Gasteiger partial charge in [-0.25, -0.2) is 4.79 Å². The van der Waals surface area contributed by atoms with Crippen molar-refractivity contribution in [2.45, 2.75) is 19.4 Å². The van der Waals surface area contributed by atoms with Gasteiger partial charge in [0.2, 0.25) is 0 Å². The van der Waals surface area contributed by atoms with Crippen LogP contribution in [-0.2, 0) is 6.54 Å². The molecule has 1 aromatic heterocycles. The molecular weight excluding hydrogens is 192 g/mol. The Morgan fingerprint density at radius 1 is 1.47 bits per heavy atom. The fraction of sp³-hybridized carbons (Fsp3) is 0.455. The Morgan fingerprint density at radius 2 is 2.20 bits per heavy atom. The average molecular weight is 206 g/mol. The van der Waals surface area contributed by atoms with Crippen molar-refractivity contribution in [3.05, 3.63) is 29.6 Å². The predicted molar refractivity (Wildman–Crippen MR) is 55.7 cm³/mol. The molecule has 4 nitrogen and oxygen atoms in total. The molecule has 2 heterocycles. The first-order valence-electron chi connectivity index (χ1n) is 5.16. The molecule has 1 fully saturated rings. The third-order valence-corrected chi connectivity index (χ3v) is 2.65. The van der Waals surface area contributed by atoms with E-state index in [-0.39, 0.29) is 0 Å². The van der Waals surface area contributed by atoms with Crippen LogP contribution in [0.5, 0.6) is 0 Å². The maximum Gasteiger partial charge on any atom is 0.335 e. The molecule has 0 bridgehead atoms. The van der Waals surface area contributed by atoms with Gasteiger partial charge < -0.3 is 5.11 Å². The maximum atomic E-state index is 10.7. The monoisotopic (exact) mass is 206 g/mol. The van der Waals surface area contributed by atoms with E-state index in [0.717, 1.165) is 25.3 Å². The smallest absolute Gasteiger partial charge is 0.335 e. The van der Waals surface area contributed by atoms with E-state index in [1.54, 1.807) is 12.3 Å². The molecule has 80 valence electrons. The third kappa shape index (κ3) is 2.53. The molecule has 0 aromatic carbocycles. The number of rotatable bonds is 3. The number of carboxylic acids is 1. The molecule has 15 heavy (non-hydrogen) atoms. The van der Waals surface area contributed by atoms with Crippen molar-refractivity contribution in [3.8, 4) is 0 Å². The summed E-state index contributed by atoms with van der Waals surface area (Å²) in [6.45, 7) is 2.96. The first kappa shape index (κ1) is 10.1. The first-order valence-corrected chi connectivity index (χ1v) is 5.16. The van der Waals surface area contributed by atoms with E-state index in [2.05, 4.69) is 9.88 Å². The highest BCUT2D eigenvalue weighted by atomic mass is 16.4. The number of aromatic nitrogens is 1. The van der Waals surface area contributed by atoms with Crippen LogP contribution in [-0.4, -0.2) is 34.0 Å². The van der Waals surface area contributed by atoms with Gasteiger partial charge in [-0.15, -0.1) is 0 Å². The van der Waals surface area contributed by atoms with Crippen molar-refractivity contribution >= 4 is 5.97 Å². The quantitative estimate of drug-likeness (QED) is 0.811. The Balaban J connectivity index is 2.07. The van der Waals surface area contributed by atoms with E-state index in [1.165, 1.54) is 18.9 Å². The third-order valence-electron chi connectivity index (χ3n) is 2.65. The van der Waals surface area contributed by atoms with Gasteiger partial charge in [-0.2, -0.15) is 0 Å². The summed E-state index contributed by atoms with van der Waals surface area (Å²) >= 11 is 0. The van der Waals surface area contributed by atoms with Crippen LogP contribution in [0, 0.1) is 0 Å². The second-order valence-corrected chi connectivity index (χ2v) is 3.82. The fourth-order valence-corrected chi connectivity index (χ4v) is 1.87. The van der Waals surface area contributed by atoms with Crippen molar-refractivity contribution < 1.29 is 9.90 Å². The summed E-state index contributed by atoms with van der Waals surface area (Å²) in [5.74, 6) is -0.889. The molecule has 1 saturated heterocycles. The number of aromatic carboxylic acids is 1. The van der Waals surface area contributed by atoms with Crippen molar-refractivity contribution in [3.63, 3.8) is 0 Å². The van der Waals surface area contributed by atoms with Crippen molar-refractivity contribution in [2.24, 2.45) is 0 Å². The Labute approximate surface area is 88.6 Å². The van der Waals surface area contributed by atoms with Crippen LogP contribution in [0.25, 0.3) is 0 Å². The molecule has 1 N–H and O–H groups in total. The first-order chi connectivity index (χ1) is 7.25. The summed E-state index contributed by atoms with van der Waals surface area (Å²) < 4.78 is 0. The van der Waals surface area contributed by atoms with Crippen LogP contribution >= 0.6 is 0 Å². The average Bonchev–Trinajstić information content (AvgIpc) is 2.71. The summed E-state index contributed by atoms with van der Waals surface area (Å²) in [5, 5.41) is 8.83. The largest absolute Gasteiger partial charge is 0.478 e. The SMILES string of the molecule is O=C(O)c1ccnc(CN2CCCC2)c1. The number of nitrogens with zero attached hydrogens (tertiary/aromatic N) is 2. The molecule has 0 aliphatic carbocycles. The van der Waals surface area contributed by atoms with Crippen LogP contribution in [0.15, 0.2) is 18.3 Å². The van der Waals surface area contributed by atoms with E-state index in [4.69, 9.17) is 5.11 Å². The lowest BCUT2D eigenvalue weighted by Gasteiger charge is -2.13. The second-order valence-electron chi connectivity index (χ2n) is 3.82. The van der Waals surface area contributed by atoms with E-state index < -0.39 is 5.97 Å². The van der Waals surface area contributed by atoms with Gasteiger partial charge in [0.25, 0.3) is 0 Å². The zero-order valence-electron chi connectivity index (χ0n) is 8.52. The summed E-state index contributed by atoms with van der Waals surface area (Å²) in [4.78, 5) is 17.2. The lowest BCUT2D eigenvalue weighted by Crippen LogP contribution is -2.19. The maximum absolute atomic E-state index is 10.7. The summed E-state index contributed by atoms with van der Waals surface area (Å²) in [5.41, 5.74) is 1.16. The minimum absolute atomic E-state index is 0.319. The molecule has 1 aromatic rings. The molecular formula is C11H14N2O2. The normalized spacial score (nSPS) is 16.8. The molecule has 0 saturated carbocycles. The fourth-order valence-electron chi connectivity index (χ4n) is 1.87. The van der Waals surface area contributed by atoms with E-state index in [9.17, 15) is 4.79 Å². The highest BCUT2D eigenvalue weighted by molar-refractivity contribution is 5.87. The van der Waals surface area contributed by atoms with Crippen LogP contribution < -0.4 is 0 Å². The van der Waals surface area contributed by atoms with Gasteiger partial charge in [0.15, 0.2) is 0 Å². The molecule has 1 aliphatic heterocycles. The van der Waals surface area contributed by atoms with E-state index in [1.807, 2.05) is 0 Å². The highest BCUT2D eigenvalue weighted by Gasteiger charge is 2.13. The van der Waals surface area contributed by atoms with Crippen LogP contribution in [0.2, 0.25) is 0 Å². The van der Waals surface area contributed by atoms with Crippen molar-refractivity contribution in [2.75, 3.05) is 13.1 Å². The zero-order valence-corrected chi connectivity index (χ0v) is 8.52. The Morgan fingerprint density at radius 3 is 2.87 bits per heavy atom. The Bertz CT molecular complexity index is 359. The number of likely N-dealkylation sites (tertiary alicyclic amines) is 1. The molecule has 0 atom stereocenters. The van der Waals surface area contributed by atoms with E-state index in [0.29, 0.717) is 5.56 Å². The van der Waals surface area contributed by atoms with Gasteiger partial charge in [0.05, 0.1) is 11.3 Å². The van der Waals surface area contributed by atoms with Crippen molar-refractivity contribution in [1.29, 1.82) is 0 Å². The van der Waals surface area contributed by atoms with Crippen LogP contribution in [0.3, 0.4) is 0 Å². The predicted octanol–water partition coefficient (Wildman–Crippen LogP) is 1.38. The van der Waals surface area contributed by atoms with Crippen LogP contribution in [0.1, 0.15) is 28.9 Å². The standard InChI is InChI=1S/C11H14N2O2/c14-11(15)9-3-4-12-10(7-9)8-13-5-1-2-6-13/h3-4,7H,1-2,5-6,8H2,(H,14,15). The Kier molecular flexibility index (Phi) is 2.97. The van der Waals surface area contributed by atoms with Crippen molar-refractivity contribution in [1.82, 2.24) is 9.88 Å². The molecule has 0 unspecified atom stereocenters. The highest BCUT2D eigenvalue weighted by Crippen LogP contribution is 2.12. The number of carboxylic acid groups (broad SMARTS) is 1. The number of hydrogen-bond donors (Lipinski definition) is 1. The van der Waals surface area contributed by atoms with Crippen LogP contribution in [0.4, 0.5) is 0 Å². The molecule has 4 heteroatoms. The van der Waals surface area contributed by atoms with Gasteiger partial charge in [-0.1, -0.05) is 0 Å². The number of pyridine rings is 1. The zero-order chi connectivity index (χ0) is 10.7. The minimum atomic E-state index is -0.889. The minimum Gasteiger partial charge on any atom is -0.478 e. The molecule has 2 rings (SSSR count). The summed E-state index contributed by atoms with van der Waals surface area (Å²) in [7, 11) is 0. The molecule has 0 amide bonds. The lowest BCUT2D eigenvalue weighted by molar-refractivity contribution is 0.0696. The summed E-state index contributed by atoms with van der Waals surface area (Å²) in [6, 6.07) is 3.18. The summed E-state index contributed by atoms with van der Waals surface area (Å²) in [6.07, 6.45) is 4.03. The molecule has 1 aliphatic rings. The number of hydrogen-bond acceptors (Lipinski definition) is 3. The lowest BCUT2D eigenvalue weighted by atomic mass is 10.2. The molecule has 0 radical (unpaired) electrons. The topological polar surface area (TPSA) is 53.4 Å². The van der Waals surface area contributed by atoms with Gasteiger partial charge in [0, 0.05) is 12.7 Å². The van der Waals surface area contributed by atoms with Gasteiger partial charge in [-0.3, -0.25) is 9.88 Å². The molecule has 0 spiro atoms. The van der Waals surface area contributed by atoms with E-state index >= 15 is 0 Å². The Hall–Kier alpha value is -1.42.